The lowest BCUT2D eigenvalue weighted by molar-refractivity contribution is -0.116. The Hall–Kier alpha value is -2.89. The standard InChI is InChI=1S/C17H19N3O3/c1-12(2)9-16(21)19-15-5-3-14(4-6-15)17(22)20-18-10-13-7-8-23-11-13/h3-8,10-12H,9H2,1-2H3,(H,19,21)(H,20,22). The second-order valence-electron chi connectivity index (χ2n) is 5.48. The summed E-state index contributed by atoms with van der Waals surface area (Å²) in [5, 5.41) is 6.63. The van der Waals surface area contributed by atoms with E-state index < -0.39 is 0 Å². The van der Waals surface area contributed by atoms with E-state index in [9.17, 15) is 9.59 Å². The maximum Gasteiger partial charge on any atom is 0.271 e. The summed E-state index contributed by atoms with van der Waals surface area (Å²) in [5.41, 5.74) is 4.30. The van der Waals surface area contributed by atoms with Crippen molar-refractivity contribution in [3.63, 3.8) is 0 Å². The van der Waals surface area contributed by atoms with Crippen LogP contribution in [-0.2, 0) is 4.79 Å². The molecule has 0 bridgehead atoms. The molecule has 0 aliphatic heterocycles. The summed E-state index contributed by atoms with van der Waals surface area (Å²) in [6.45, 7) is 3.97. The highest BCUT2D eigenvalue weighted by Gasteiger charge is 2.07. The van der Waals surface area contributed by atoms with Crippen LogP contribution in [0.15, 0.2) is 52.4 Å². The number of benzene rings is 1. The van der Waals surface area contributed by atoms with E-state index in [1.165, 1.54) is 18.7 Å². The van der Waals surface area contributed by atoms with Crippen molar-refractivity contribution in [2.24, 2.45) is 11.0 Å². The van der Waals surface area contributed by atoms with Gasteiger partial charge in [-0.1, -0.05) is 13.8 Å². The maximum atomic E-state index is 11.9. The summed E-state index contributed by atoms with van der Waals surface area (Å²) >= 11 is 0. The maximum absolute atomic E-state index is 11.9. The zero-order chi connectivity index (χ0) is 16.7. The Morgan fingerprint density at radius 2 is 1.96 bits per heavy atom. The third-order valence-corrected chi connectivity index (χ3v) is 2.95. The number of nitrogens with zero attached hydrogens (tertiary/aromatic N) is 1. The van der Waals surface area contributed by atoms with Crippen LogP contribution in [0.5, 0.6) is 0 Å². The first kappa shape index (κ1) is 16.5. The molecular weight excluding hydrogens is 294 g/mol. The fraction of sp³-hybridized carbons (Fsp3) is 0.235. The first-order chi connectivity index (χ1) is 11.0. The summed E-state index contributed by atoms with van der Waals surface area (Å²) < 4.78 is 4.89. The number of amides is 2. The lowest BCUT2D eigenvalue weighted by Gasteiger charge is -2.07. The molecule has 2 N–H and O–H groups in total. The Kier molecular flexibility index (Phi) is 5.68. The molecule has 0 aliphatic carbocycles. The Morgan fingerprint density at radius 3 is 2.57 bits per heavy atom. The van der Waals surface area contributed by atoms with Crippen LogP contribution in [0.2, 0.25) is 0 Å². The quantitative estimate of drug-likeness (QED) is 0.635. The van der Waals surface area contributed by atoms with Crippen LogP contribution in [0.3, 0.4) is 0 Å². The molecule has 0 radical (unpaired) electrons. The van der Waals surface area contributed by atoms with Gasteiger partial charge in [-0.3, -0.25) is 9.59 Å². The highest BCUT2D eigenvalue weighted by molar-refractivity contribution is 5.96. The van der Waals surface area contributed by atoms with Crippen LogP contribution < -0.4 is 10.7 Å². The lowest BCUT2D eigenvalue weighted by Crippen LogP contribution is -2.18. The molecule has 0 saturated heterocycles. The molecule has 0 unspecified atom stereocenters. The van der Waals surface area contributed by atoms with Gasteiger partial charge in [-0.15, -0.1) is 0 Å². The summed E-state index contributed by atoms with van der Waals surface area (Å²) in [6.07, 6.45) is 4.99. The van der Waals surface area contributed by atoms with Gasteiger partial charge in [0.25, 0.3) is 5.91 Å². The average molecular weight is 313 g/mol. The second-order valence-corrected chi connectivity index (χ2v) is 5.48. The van der Waals surface area contributed by atoms with Gasteiger partial charge in [0.1, 0.15) is 0 Å². The highest BCUT2D eigenvalue weighted by Crippen LogP contribution is 2.11. The van der Waals surface area contributed by atoms with Crippen molar-refractivity contribution < 1.29 is 14.0 Å². The van der Waals surface area contributed by atoms with Gasteiger partial charge in [0.2, 0.25) is 5.91 Å². The van der Waals surface area contributed by atoms with Crippen LogP contribution in [0, 0.1) is 5.92 Å². The number of hydrogen-bond acceptors (Lipinski definition) is 4. The van der Waals surface area contributed by atoms with Crippen molar-refractivity contribution in [2.45, 2.75) is 20.3 Å². The Bertz CT molecular complexity index is 674. The van der Waals surface area contributed by atoms with E-state index >= 15 is 0 Å². The van der Waals surface area contributed by atoms with E-state index in [4.69, 9.17) is 4.42 Å². The van der Waals surface area contributed by atoms with Crippen LogP contribution in [0.25, 0.3) is 0 Å². The summed E-state index contributed by atoms with van der Waals surface area (Å²) in [4.78, 5) is 23.6. The SMILES string of the molecule is CC(C)CC(=O)Nc1ccc(C(=O)NN=Cc2ccoc2)cc1. The number of furan rings is 1. The Morgan fingerprint density at radius 1 is 1.22 bits per heavy atom. The van der Waals surface area contributed by atoms with Gasteiger partial charge < -0.3 is 9.73 Å². The zero-order valence-corrected chi connectivity index (χ0v) is 13.1. The van der Waals surface area contributed by atoms with Gasteiger partial charge in [-0.2, -0.15) is 5.10 Å². The van der Waals surface area contributed by atoms with Crippen molar-refractivity contribution in [1.82, 2.24) is 5.43 Å². The molecule has 0 spiro atoms. The van der Waals surface area contributed by atoms with Crippen LogP contribution >= 0.6 is 0 Å². The Balaban J connectivity index is 1.88. The molecule has 6 heteroatoms. The number of rotatable bonds is 6. The zero-order valence-electron chi connectivity index (χ0n) is 13.1. The molecule has 0 aliphatic rings. The number of carbonyl (C=O) groups is 2. The molecular formula is C17H19N3O3. The van der Waals surface area contributed by atoms with Crippen LogP contribution in [0.1, 0.15) is 36.2 Å². The van der Waals surface area contributed by atoms with E-state index in [1.54, 1.807) is 30.3 Å². The van der Waals surface area contributed by atoms with Gasteiger partial charge in [0.15, 0.2) is 0 Å². The fourth-order valence-electron chi connectivity index (χ4n) is 1.87. The summed E-state index contributed by atoms with van der Waals surface area (Å²) in [7, 11) is 0. The molecule has 2 amide bonds. The highest BCUT2D eigenvalue weighted by atomic mass is 16.3. The van der Waals surface area contributed by atoms with E-state index in [1.807, 2.05) is 13.8 Å². The molecule has 2 aromatic rings. The molecule has 1 aromatic carbocycles. The largest absolute Gasteiger partial charge is 0.472 e. The van der Waals surface area contributed by atoms with Gasteiger partial charge >= 0.3 is 0 Å². The first-order valence-corrected chi connectivity index (χ1v) is 7.30. The monoisotopic (exact) mass is 313 g/mol. The first-order valence-electron chi connectivity index (χ1n) is 7.30. The predicted molar refractivity (Wildman–Crippen MR) is 88.3 cm³/mol. The molecule has 0 atom stereocenters. The van der Waals surface area contributed by atoms with Gasteiger partial charge in [0, 0.05) is 23.2 Å². The third-order valence-electron chi connectivity index (χ3n) is 2.95. The molecule has 2 rings (SSSR count). The van der Waals surface area contributed by atoms with Crippen LogP contribution in [0.4, 0.5) is 5.69 Å². The molecule has 1 aromatic heterocycles. The van der Waals surface area contributed by atoms with Crippen molar-refractivity contribution in [2.75, 3.05) is 5.32 Å². The third kappa shape index (κ3) is 5.43. The van der Waals surface area contributed by atoms with Crippen molar-refractivity contribution >= 4 is 23.7 Å². The van der Waals surface area contributed by atoms with Gasteiger partial charge in [-0.05, 0) is 36.2 Å². The molecule has 6 nitrogen and oxygen atoms in total. The lowest BCUT2D eigenvalue weighted by atomic mass is 10.1. The van der Waals surface area contributed by atoms with Crippen molar-refractivity contribution in [3.8, 4) is 0 Å². The van der Waals surface area contributed by atoms with Crippen molar-refractivity contribution in [3.05, 3.63) is 54.0 Å². The summed E-state index contributed by atoms with van der Waals surface area (Å²) in [5.74, 6) is -0.0696. The summed E-state index contributed by atoms with van der Waals surface area (Å²) in [6, 6.07) is 8.37. The van der Waals surface area contributed by atoms with Crippen molar-refractivity contribution in [1.29, 1.82) is 0 Å². The molecule has 0 saturated carbocycles. The minimum Gasteiger partial charge on any atom is -0.472 e. The van der Waals surface area contributed by atoms with E-state index in [0.717, 1.165) is 5.56 Å². The smallest absolute Gasteiger partial charge is 0.271 e. The molecule has 0 fully saturated rings. The molecule has 23 heavy (non-hydrogen) atoms. The molecule has 120 valence electrons. The van der Waals surface area contributed by atoms with E-state index in [0.29, 0.717) is 23.6 Å². The predicted octanol–water partition coefficient (Wildman–Crippen LogP) is 3.03. The Labute approximate surface area is 134 Å². The number of nitrogens with one attached hydrogen (secondary N) is 2. The van der Waals surface area contributed by atoms with E-state index in [-0.39, 0.29) is 11.8 Å². The number of anilines is 1. The average Bonchev–Trinajstić information content (AvgIpc) is 3.00. The van der Waals surface area contributed by atoms with Gasteiger partial charge in [0.05, 0.1) is 18.7 Å². The number of carbonyl (C=O) groups excluding carboxylic acids is 2. The number of hydrazone groups is 1. The minimum atomic E-state index is -0.329. The fourth-order valence-corrected chi connectivity index (χ4v) is 1.87. The normalized spacial score (nSPS) is 10.9. The topological polar surface area (TPSA) is 83.7 Å². The van der Waals surface area contributed by atoms with Gasteiger partial charge in [-0.25, -0.2) is 5.43 Å². The molecule has 1 heterocycles. The van der Waals surface area contributed by atoms with E-state index in [2.05, 4.69) is 15.8 Å². The number of hydrogen-bond donors (Lipinski definition) is 2. The minimum absolute atomic E-state index is 0.0399. The second kappa shape index (κ2) is 7.93. The van der Waals surface area contributed by atoms with Crippen LogP contribution in [-0.4, -0.2) is 18.0 Å².